The Hall–Kier alpha value is -3.36. The number of hydrogen-bond donors (Lipinski definition) is 1. The number of nitrogens with zero attached hydrogens (tertiary/aromatic N) is 2. The fourth-order valence-electron chi connectivity index (χ4n) is 7.68. The van der Waals surface area contributed by atoms with Crippen LogP contribution in [-0.2, 0) is 25.5 Å². The first-order chi connectivity index (χ1) is 20.7. The van der Waals surface area contributed by atoms with Crippen molar-refractivity contribution in [1.82, 2.24) is 4.90 Å². The van der Waals surface area contributed by atoms with Crippen molar-refractivity contribution in [1.29, 1.82) is 0 Å². The lowest BCUT2D eigenvalue weighted by atomic mass is 9.66. The van der Waals surface area contributed by atoms with Crippen LogP contribution in [0.2, 0.25) is 0 Å². The highest BCUT2D eigenvalue weighted by Crippen LogP contribution is 2.69. The highest BCUT2D eigenvalue weighted by atomic mass is 32.2. The Bertz CT molecular complexity index is 1380. The van der Waals surface area contributed by atoms with E-state index in [1.54, 1.807) is 33.7 Å². The molecule has 3 aliphatic rings. The predicted octanol–water partition coefficient (Wildman–Crippen LogP) is 4.88. The van der Waals surface area contributed by atoms with E-state index in [2.05, 4.69) is 20.1 Å². The van der Waals surface area contributed by atoms with Crippen molar-refractivity contribution in [2.75, 3.05) is 24.7 Å². The van der Waals surface area contributed by atoms with E-state index in [-0.39, 0.29) is 48.7 Å². The molecule has 43 heavy (non-hydrogen) atoms. The van der Waals surface area contributed by atoms with Gasteiger partial charge in [0, 0.05) is 17.5 Å². The van der Waals surface area contributed by atoms with Gasteiger partial charge in [0.25, 0.3) is 5.91 Å². The van der Waals surface area contributed by atoms with E-state index in [1.165, 1.54) is 0 Å². The Labute approximate surface area is 259 Å². The van der Waals surface area contributed by atoms with E-state index in [1.807, 2.05) is 62.4 Å². The minimum Gasteiger partial charge on any atom is -0.465 e. The van der Waals surface area contributed by atoms with E-state index in [9.17, 15) is 14.7 Å². The Kier molecular flexibility index (Phi) is 9.18. The molecule has 7 nitrogen and oxygen atoms in total. The summed E-state index contributed by atoms with van der Waals surface area (Å²) in [6, 6.07) is 14.1. The van der Waals surface area contributed by atoms with Crippen LogP contribution in [0.5, 0.6) is 0 Å². The maximum Gasteiger partial charge on any atom is 0.310 e. The molecule has 3 aliphatic heterocycles. The molecular weight excluding hydrogens is 560 g/mol. The van der Waals surface area contributed by atoms with Crippen LogP contribution in [-0.4, -0.2) is 69.6 Å². The first kappa shape index (κ1) is 31.1. The van der Waals surface area contributed by atoms with Crippen molar-refractivity contribution >= 4 is 35.2 Å². The number of fused-ring (bicyclic) bond motifs is 1. The van der Waals surface area contributed by atoms with E-state index >= 15 is 4.79 Å². The van der Waals surface area contributed by atoms with Crippen LogP contribution < -0.4 is 4.90 Å². The summed E-state index contributed by atoms with van der Waals surface area (Å²) in [4.78, 5) is 46.7. The molecule has 3 saturated heterocycles. The average molecular weight is 603 g/mol. The van der Waals surface area contributed by atoms with Crippen molar-refractivity contribution in [3.63, 3.8) is 0 Å². The molecule has 0 aromatic heterocycles. The number of anilines is 1. The maximum atomic E-state index is 15.1. The van der Waals surface area contributed by atoms with Gasteiger partial charge in [-0.05, 0) is 55.7 Å². The van der Waals surface area contributed by atoms with Crippen molar-refractivity contribution in [2.45, 2.75) is 62.1 Å². The number of rotatable bonds is 12. The van der Waals surface area contributed by atoms with Crippen LogP contribution in [0.4, 0.5) is 5.69 Å². The van der Waals surface area contributed by atoms with Crippen molar-refractivity contribution in [2.24, 2.45) is 17.8 Å². The number of carbonyl (C=O) groups is 3. The van der Waals surface area contributed by atoms with Gasteiger partial charge in [-0.25, -0.2) is 0 Å². The molecule has 2 aromatic carbocycles. The Morgan fingerprint density at radius 2 is 1.84 bits per heavy atom. The van der Waals surface area contributed by atoms with Gasteiger partial charge in [-0.2, -0.15) is 0 Å². The minimum absolute atomic E-state index is 0.00718. The van der Waals surface area contributed by atoms with Gasteiger partial charge in [0.1, 0.15) is 6.04 Å². The normalized spacial score (nSPS) is 28.0. The molecule has 8 heteroatoms. The first-order valence-corrected chi connectivity index (χ1v) is 16.0. The number of ether oxygens (including phenoxy) is 1. The average Bonchev–Trinajstić information content (AvgIpc) is 3.59. The van der Waals surface area contributed by atoms with Gasteiger partial charge in [-0.3, -0.25) is 14.4 Å². The standard InChI is InChI=1S/C35H42N2O5S/c1-6-8-18-42-34(41)28-27-19-24(5)35(43-27)29(28)32(39)37(26(21-38)20-25-15-10-9-11-16-25)31(35)33(40)36(17-7-2)30-22(3)13-12-14-23(30)4/h6-7,9-16,24,26-29,31,38H,1-2,8,17-21H2,3-5H3/t24?,26-,27-,28+,29+,31?,35?/m1/s1. The number of aliphatic hydroxyl groups excluding tert-OH is 1. The highest BCUT2D eigenvalue weighted by molar-refractivity contribution is 8.02. The number of benzene rings is 2. The molecule has 0 radical (unpaired) electrons. The Morgan fingerprint density at radius 3 is 2.47 bits per heavy atom. The predicted molar refractivity (Wildman–Crippen MR) is 171 cm³/mol. The second kappa shape index (κ2) is 12.7. The van der Waals surface area contributed by atoms with Gasteiger partial charge >= 0.3 is 5.97 Å². The van der Waals surface area contributed by atoms with Crippen LogP contribution in [0.3, 0.4) is 0 Å². The molecule has 7 atom stereocenters. The zero-order chi connectivity index (χ0) is 30.9. The number of thioether (sulfide) groups is 1. The molecular formula is C35H42N2O5S. The van der Waals surface area contributed by atoms with Crippen molar-refractivity contribution < 1.29 is 24.2 Å². The molecule has 3 fully saturated rings. The topological polar surface area (TPSA) is 87.1 Å². The molecule has 3 heterocycles. The molecule has 1 N–H and O–H groups in total. The monoisotopic (exact) mass is 602 g/mol. The minimum atomic E-state index is -0.874. The van der Waals surface area contributed by atoms with Crippen LogP contribution in [0, 0.1) is 31.6 Å². The summed E-state index contributed by atoms with van der Waals surface area (Å²) in [6.45, 7) is 13.9. The Balaban J connectivity index is 1.64. The number of aryl methyl sites for hydroxylation is 2. The van der Waals surface area contributed by atoms with Gasteiger partial charge in [-0.15, -0.1) is 24.9 Å². The number of amides is 2. The smallest absolute Gasteiger partial charge is 0.310 e. The molecule has 0 saturated carbocycles. The molecule has 5 rings (SSSR count). The van der Waals surface area contributed by atoms with E-state index < -0.39 is 28.7 Å². The zero-order valence-electron chi connectivity index (χ0n) is 25.3. The third-order valence-electron chi connectivity index (χ3n) is 9.46. The van der Waals surface area contributed by atoms with Gasteiger partial charge in [0.15, 0.2) is 0 Å². The molecule has 3 unspecified atom stereocenters. The number of carbonyl (C=O) groups excluding carboxylic acids is 3. The number of esters is 1. The van der Waals surface area contributed by atoms with Crippen LogP contribution in [0.15, 0.2) is 73.8 Å². The number of aliphatic hydroxyl groups is 1. The van der Waals surface area contributed by atoms with E-state index in [4.69, 9.17) is 4.74 Å². The lowest BCUT2D eigenvalue weighted by Crippen LogP contribution is -2.59. The Morgan fingerprint density at radius 1 is 1.14 bits per heavy atom. The van der Waals surface area contributed by atoms with E-state index in [0.717, 1.165) is 22.4 Å². The summed E-state index contributed by atoms with van der Waals surface area (Å²) in [7, 11) is 0. The van der Waals surface area contributed by atoms with Crippen LogP contribution >= 0.6 is 11.8 Å². The van der Waals surface area contributed by atoms with Crippen LogP contribution in [0.25, 0.3) is 0 Å². The van der Waals surface area contributed by atoms with E-state index in [0.29, 0.717) is 19.3 Å². The number of likely N-dealkylation sites (tertiary alicyclic amines) is 1. The zero-order valence-corrected chi connectivity index (χ0v) is 26.1. The summed E-state index contributed by atoms with van der Waals surface area (Å²) >= 11 is 1.61. The molecule has 0 aliphatic carbocycles. The molecule has 1 spiro atoms. The third kappa shape index (κ3) is 5.22. The SMILES string of the molecule is C=CCCOC(=O)[C@@H]1[C@H]2C(=O)N([C@@H](CO)Cc3ccccc3)C(C(=O)N(CC=C)c3c(C)cccc3C)C23S[C@@H]1CC3C. The number of hydrogen-bond acceptors (Lipinski definition) is 6. The summed E-state index contributed by atoms with van der Waals surface area (Å²) in [5.41, 5.74) is 3.65. The second-order valence-electron chi connectivity index (χ2n) is 12.0. The lowest BCUT2D eigenvalue weighted by molar-refractivity contribution is -0.154. The highest BCUT2D eigenvalue weighted by Gasteiger charge is 2.77. The summed E-state index contributed by atoms with van der Waals surface area (Å²) in [6.07, 6.45) is 5.02. The fraction of sp³-hybridized carbons (Fsp3) is 0.457. The number of para-hydroxylation sites is 1. The summed E-state index contributed by atoms with van der Waals surface area (Å²) in [5, 5.41) is 10.7. The van der Waals surface area contributed by atoms with Gasteiger partial charge in [0.2, 0.25) is 5.91 Å². The molecule has 228 valence electrons. The first-order valence-electron chi connectivity index (χ1n) is 15.1. The third-order valence-corrected chi connectivity index (χ3v) is 11.5. The van der Waals surface area contributed by atoms with Gasteiger partial charge < -0.3 is 19.6 Å². The maximum absolute atomic E-state index is 15.1. The molecule has 2 amide bonds. The second-order valence-corrected chi connectivity index (χ2v) is 13.6. The van der Waals surface area contributed by atoms with Crippen LogP contribution in [0.1, 0.15) is 36.5 Å². The van der Waals surface area contributed by atoms with Crippen molar-refractivity contribution in [3.05, 3.63) is 90.5 Å². The van der Waals surface area contributed by atoms with Crippen molar-refractivity contribution in [3.8, 4) is 0 Å². The fourth-order valence-corrected chi connectivity index (χ4v) is 10.1. The van der Waals surface area contributed by atoms with Gasteiger partial charge in [-0.1, -0.05) is 67.6 Å². The van der Waals surface area contributed by atoms with Gasteiger partial charge in [0.05, 0.1) is 35.8 Å². The quantitative estimate of drug-likeness (QED) is 0.212. The lowest BCUT2D eigenvalue weighted by Gasteiger charge is -2.42. The largest absolute Gasteiger partial charge is 0.465 e. The summed E-state index contributed by atoms with van der Waals surface area (Å²) in [5.74, 6) is -2.22. The molecule has 2 bridgehead atoms. The molecule has 2 aromatic rings. The summed E-state index contributed by atoms with van der Waals surface area (Å²) < 4.78 is 4.82.